The van der Waals surface area contributed by atoms with Crippen LogP contribution >= 0.6 is 11.6 Å². The van der Waals surface area contributed by atoms with Gasteiger partial charge < -0.3 is 0 Å². The second-order valence-corrected chi connectivity index (χ2v) is 4.70. The van der Waals surface area contributed by atoms with Crippen LogP contribution < -0.4 is 0 Å². The molecular formula is C15H9ClN2O2. The van der Waals surface area contributed by atoms with Gasteiger partial charge in [-0.2, -0.15) is 10.1 Å². The Balaban J connectivity index is 1.90. The van der Waals surface area contributed by atoms with E-state index in [4.69, 9.17) is 11.6 Å². The number of carbonyl (C=O) groups excluding carboxylic acids is 2. The number of amides is 2. The number of carbonyl (C=O) groups is 2. The lowest BCUT2D eigenvalue weighted by molar-refractivity contribution is 0.0660. The van der Waals surface area contributed by atoms with Crippen molar-refractivity contribution in [2.45, 2.75) is 0 Å². The predicted molar refractivity (Wildman–Crippen MR) is 76.0 cm³/mol. The second-order valence-electron chi connectivity index (χ2n) is 4.27. The Morgan fingerprint density at radius 2 is 1.60 bits per heavy atom. The van der Waals surface area contributed by atoms with Crippen LogP contribution in [0, 0.1) is 0 Å². The highest BCUT2D eigenvalue weighted by molar-refractivity contribution is 6.30. The molecule has 98 valence electrons. The third kappa shape index (κ3) is 2.10. The summed E-state index contributed by atoms with van der Waals surface area (Å²) in [6.07, 6.45) is 1.44. The molecule has 20 heavy (non-hydrogen) atoms. The molecular weight excluding hydrogens is 276 g/mol. The van der Waals surface area contributed by atoms with Crippen LogP contribution in [0.1, 0.15) is 26.3 Å². The minimum Gasteiger partial charge on any atom is -0.267 e. The van der Waals surface area contributed by atoms with E-state index in [1.807, 2.05) is 0 Å². The molecule has 0 atom stereocenters. The molecule has 0 N–H and O–H groups in total. The zero-order valence-electron chi connectivity index (χ0n) is 10.3. The van der Waals surface area contributed by atoms with Crippen molar-refractivity contribution >= 4 is 29.6 Å². The molecule has 0 aliphatic carbocycles. The number of hydrazone groups is 1. The fourth-order valence-electron chi connectivity index (χ4n) is 1.99. The van der Waals surface area contributed by atoms with Crippen molar-refractivity contribution in [2.75, 3.05) is 0 Å². The second kappa shape index (κ2) is 4.90. The van der Waals surface area contributed by atoms with Gasteiger partial charge in [0.1, 0.15) is 0 Å². The molecule has 2 aromatic carbocycles. The Hall–Kier alpha value is -2.46. The number of halogens is 1. The van der Waals surface area contributed by atoms with Gasteiger partial charge in [0.2, 0.25) is 0 Å². The van der Waals surface area contributed by atoms with Gasteiger partial charge in [0.25, 0.3) is 11.8 Å². The van der Waals surface area contributed by atoms with Crippen molar-refractivity contribution < 1.29 is 9.59 Å². The first kappa shape index (κ1) is 12.6. The van der Waals surface area contributed by atoms with Gasteiger partial charge >= 0.3 is 0 Å². The summed E-state index contributed by atoms with van der Waals surface area (Å²) in [4.78, 5) is 24.1. The Morgan fingerprint density at radius 1 is 0.950 bits per heavy atom. The maximum Gasteiger partial charge on any atom is 0.282 e. The van der Waals surface area contributed by atoms with Gasteiger partial charge in [0, 0.05) is 5.02 Å². The van der Waals surface area contributed by atoms with Crippen molar-refractivity contribution in [1.29, 1.82) is 0 Å². The Labute approximate surface area is 120 Å². The largest absolute Gasteiger partial charge is 0.282 e. The van der Waals surface area contributed by atoms with Crippen LogP contribution in [0.25, 0.3) is 0 Å². The third-order valence-corrected chi connectivity index (χ3v) is 3.18. The predicted octanol–water partition coefficient (Wildman–Crippen LogP) is 2.97. The zero-order chi connectivity index (χ0) is 14.1. The molecule has 0 unspecified atom stereocenters. The van der Waals surface area contributed by atoms with E-state index in [0.717, 1.165) is 5.01 Å². The number of fused-ring (bicyclic) bond motifs is 1. The average molecular weight is 285 g/mol. The summed E-state index contributed by atoms with van der Waals surface area (Å²) in [5.41, 5.74) is 1.47. The highest BCUT2D eigenvalue weighted by atomic mass is 35.5. The molecule has 0 saturated heterocycles. The fourth-order valence-corrected chi connectivity index (χ4v) is 2.19. The summed E-state index contributed by atoms with van der Waals surface area (Å²) in [6, 6.07) is 13.7. The summed E-state index contributed by atoms with van der Waals surface area (Å²) in [6.45, 7) is 0. The Kier molecular flexibility index (Phi) is 3.08. The van der Waals surface area contributed by atoms with Gasteiger partial charge in [-0.1, -0.05) is 35.9 Å². The lowest BCUT2D eigenvalue weighted by Crippen LogP contribution is -2.23. The Morgan fingerprint density at radius 3 is 2.20 bits per heavy atom. The Bertz CT molecular complexity index is 705. The number of hydrogen-bond acceptors (Lipinski definition) is 3. The van der Waals surface area contributed by atoms with Crippen molar-refractivity contribution in [1.82, 2.24) is 5.01 Å². The lowest BCUT2D eigenvalue weighted by Gasteiger charge is -2.05. The standard InChI is InChI=1S/C15H9ClN2O2/c16-11-5-3-4-10(8-11)9-17-18-14(19)12-6-1-2-7-13(12)15(18)20/h1-9H. The molecule has 0 saturated carbocycles. The van der Waals surface area contributed by atoms with Gasteiger partial charge in [-0.3, -0.25) is 9.59 Å². The fraction of sp³-hybridized carbons (Fsp3) is 0. The quantitative estimate of drug-likeness (QED) is 0.629. The summed E-state index contributed by atoms with van der Waals surface area (Å²) < 4.78 is 0. The topological polar surface area (TPSA) is 49.7 Å². The highest BCUT2D eigenvalue weighted by Crippen LogP contribution is 2.22. The molecule has 2 aromatic rings. The van der Waals surface area contributed by atoms with Gasteiger partial charge in [-0.15, -0.1) is 0 Å². The maximum absolute atomic E-state index is 12.1. The number of hydrogen-bond donors (Lipinski definition) is 0. The van der Waals surface area contributed by atoms with Gasteiger partial charge in [-0.25, -0.2) is 0 Å². The maximum atomic E-state index is 12.1. The molecule has 0 aromatic heterocycles. The number of nitrogens with zero attached hydrogens (tertiary/aromatic N) is 2. The van der Waals surface area contributed by atoms with Crippen LogP contribution in [0.15, 0.2) is 53.6 Å². The molecule has 1 heterocycles. The van der Waals surface area contributed by atoms with Crippen LogP contribution in [0.2, 0.25) is 5.02 Å². The van der Waals surface area contributed by atoms with Crippen LogP contribution in [0.5, 0.6) is 0 Å². The highest BCUT2D eigenvalue weighted by Gasteiger charge is 2.35. The molecule has 5 heteroatoms. The van der Waals surface area contributed by atoms with Crippen molar-refractivity contribution in [3.05, 3.63) is 70.2 Å². The SMILES string of the molecule is O=C1c2ccccc2C(=O)N1N=Cc1cccc(Cl)c1. The average Bonchev–Trinajstić information content (AvgIpc) is 2.70. The molecule has 1 aliphatic heterocycles. The summed E-state index contributed by atoms with van der Waals surface area (Å²) in [5.74, 6) is -0.826. The number of benzene rings is 2. The van der Waals surface area contributed by atoms with E-state index in [9.17, 15) is 9.59 Å². The smallest absolute Gasteiger partial charge is 0.267 e. The van der Waals surface area contributed by atoms with E-state index >= 15 is 0 Å². The summed E-state index contributed by atoms with van der Waals surface area (Å²) >= 11 is 5.86. The van der Waals surface area contributed by atoms with E-state index in [1.165, 1.54) is 6.21 Å². The van der Waals surface area contributed by atoms with Crippen molar-refractivity contribution in [3.63, 3.8) is 0 Å². The van der Waals surface area contributed by atoms with Crippen LogP contribution in [-0.4, -0.2) is 23.0 Å². The first-order chi connectivity index (χ1) is 9.66. The monoisotopic (exact) mass is 284 g/mol. The van der Waals surface area contributed by atoms with Crippen molar-refractivity contribution in [2.24, 2.45) is 5.10 Å². The normalized spacial score (nSPS) is 14.2. The van der Waals surface area contributed by atoms with Crippen LogP contribution in [0.3, 0.4) is 0 Å². The molecule has 1 aliphatic rings. The van der Waals surface area contributed by atoms with Gasteiger partial charge in [0.05, 0.1) is 17.3 Å². The van der Waals surface area contributed by atoms with Crippen LogP contribution in [0.4, 0.5) is 0 Å². The first-order valence-electron chi connectivity index (χ1n) is 5.94. The third-order valence-electron chi connectivity index (χ3n) is 2.94. The van der Waals surface area contributed by atoms with E-state index < -0.39 is 11.8 Å². The summed E-state index contributed by atoms with van der Waals surface area (Å²) in [5, 5.41) is 5.39. The molecule has 0 spiro atoms. The lowest BCUT2D eigenvalue weighted by atomic mass is 10.1. The molecule has 0 fully saturated rings. The first-order valence-corrected chi connectivity index (χ1v) is 6.32. The molecule has 4 nitrogen and oxygen atoms in total. The van der Waals surface area contributed by atoms with E-state index in [1.54, 1.807) is 48.5 Å². The van der Waals surface area contributed by atoms with Crippen molar-refractivity contribution in [3.8, 4) is 0 Å². The molecule has 0 bridgehead atoms. The number of imide groups is 1. The van der Waals surface area contributed by atoms with Crippen LogP contribution in [-0.2, 0) is 0 Å². The van der Waals surface area contributed by atoms with Gasteiger partial charge in [0.15, 0.2) is 0 Å². The van der Waals surface area contributed by atoms with E-state index in [0.29, 0.717) is 21.7 Å². The minimum absolute atomic E-state index is 0.376. The minimum atomic E-state index is -0.413. The van der Waals surface area contributed by atoms with Gasteiger partial charge in [-0.05, 0) is 29.8 Å². The summed E-state index contributed by atoms with van der Waals surface area (Å²) in [7, 11) is 0. The molecule has 3 rings (SSSR count). The molecule has 0 radical (unpaired) electrons. The zero-order valence-corrected chi connectivity index (χ0v) is 11.0. The molecule has 2 amide bonds. The van der Waals surface area contributed by atoms with E-state index in [2.05, 4.69) is 5.10 Å². The van der Waals surface area contributed by atoms with E-state index in [-0.39, 0.29) is 0 Å². The number of rotatable bonds is 2.